The molecule has 2 rings (SSSR count). The maximum Gasteiger partial charge on any atom is 0.273 e. The van der Waals surface area contributed by atoms with Crippen LogP contribution in [0, 0.1) is 6.92 Å². The molecule has 16 heavy (non-hydrogen) atoms. The zero-order chi connectivity index (χ0) is 11.4. The molecule has 0 radical (unpaired) electrons. The van der Waals surface area contributed by atoms with E-state index in [1.807, 2.05) is 0 Å². The van der Waals surface area contributed by atoms with Crippen LogP contribution in [-0.4, -0.2) is 30.2 Å². The van der Waals surface area contributed by atoms with Crippen LogP contribution >= 0.6 is 0 Å². The van der Waals surface area contributed by atoms with Crippen LogP contribution in [0.5, 0.6) is 0 Å². The highest BCUT2D eigenvalue weighted by atomic mass is 16.5. The average molecular weight is 223 g/mol. The van der Waals surface area contributed by atoms with Gasteiger partial charge in [0.05, 0.1) is 0 Å². The lowest BCUT2D eigenvalue weighted by Crippen LogP contribution is -2.28. The van der Waals surface area contributed by atoms with E-state index in [1.165, 1.54) is 12.8 Å². The first-order chi connectivity index (χ1) is 7.75. The fourth-order valence-corrected chi connectivity index (χ4v) is 1.45. The zero-order valence-electron chi connectivity index (χ0n) is 9.45. The first kappa shape index (κ1) is 11.1. The SMILES string of the molecule is Cc1cc(C(=O)NCCCNC2CC2)no1. The van der Waals surface area contributed by atoms with Crippen LogP contribution in [0.25, 0.3) is 0 Å². The minimum absolute atomic E-state index is 0.164. The van der Waals surface area contributed by atoms with E-state index in [9.17, 15) is 4.79 Å². The van der Waals surface area contributed by atoms with E-state index < -0.39 is 0 Å². The zero-order valence-corrected chi connectivity index (χ0v) is 9.45. The molecule has 1 aromatic rings. The monoisotopic (exact) mass is 223 g/mol. The van der Waals surface area contributed by atoms with Crippen molar-refractivity contribution in [3.05, 3.63) is 17.5 Å². The van der Waals surface area contributed by atoms with Gasteiger partial charge in [-0.25, -0.2) is 0 Å². The third-order valence-corrected chi connectivity index (χ3v) is 2.51. The van der Waals surface area contributed by atoms with Crippen LogP contribution in [0.2, 0.25) is 0 Å². The summed E-state index contributed by atoms with van der Waals surface area (Å²) >= 11 is 0. The molecule has 0 aliphatic heterocycles. The molecule has 0 unspecified atom stereocenters. The Morgan fingerprint density at radius 1 is 1.56 bits per heavy atom. The predicted octanol–water partition coefficient (Wildman–Crippen LogP) is 0.855. The number of nitrogens with zero attached hydrogens (tertiary/aromatic N) is 1. The molecule has 0 bridgehead atoms. The third-order valence-electron chi connectivity index (χ3n) is 2.51. The molecule has 1 saturated carbocycles. The summed E-state index contributed by atoms with van der Waals surface area (Å²) in [7, 11) is 0. The predicted molar refractivity (Wildman–Crippen MR) is 59.2 cm³/mol. The summed E-state index contributed by atoms with van der Waals surface area (Å²) in [6.45, 7) is 3.40. The summed E-state index contributed by atoms with van der Waals surface area (Å²) in [6, 6.07) is 2.37. The van der Waals surface area contributed by atoms with Crippen molar-refractivity contribution >= 4 is 5.91 Å². The molecule has 5 heteroatoms. The molecular weight excluding hydrogens is 206 g/mol. The first-order valence-electron chi connectivity index (χ1n) is 5.70. The number of hydrogen-bond donors (Lipinski definition) is 2. The van der Waals surface area contributed by atoms with E-state index in [0.717, 1.165) is 19.0 Å². The number of rotatable bonds is 6. The Bertz CT molecular complexity index is 358. The summed E-state index contributed by atoms with van der Waals surface area (Å²) in [6.07, 6.45) is 3.54. The van der Waals surface area contributed by atoms with Crippen molar-refractivity contribution in [3.63, 3.8) is 0 Å². The molecule has 0 atom stereocenters. The number of carbonyl (C=O) groups is 1. The highest BCUT2D eigenvalue weighted by Gasteiger charge is 2.19. The average Bonchev–Trinajstić information content (AvgIpc) is 2.99. The van der Waals surface area contributed by atoms with E-state index >= 15 is 0 Å². The maximum absolute atomic E-state index is 11.5. The van der Waals surface area contributed by atoms with Gasteiger partial charge in [0.15, 0.2) is 5.69 Å². The molecule has 0 spiro atoms. The number of aromatic nitrogens is 1. The van der Waals surface area contributed by atoms with Gasteiger partial charge in [-0.2, -0.15) is 0 Å². The molecule has 1 aliphatic carbocycles. The van der Waals surface area contributed by atoms with E-state index in [1.54, 1.807) is 13.0 Å². The number of hydrogen-bond acceptors (Lipinski definition) is 4. The van der Waals surface area contributed by atoms with Gasteiger partial charge in [-0.15, -0.1) is 0 Å². The van der Waals surface area contributed by atoms with Crippen molar-refractivity contribution in [2.75, 3.05) is 13.1 Å². The van der Waals surface area contributed by atoms with Crippen LogP contribution in [0.4, 0.5) is 0 Å². The van der Waals surface area contributed by atoms with Gasteiger partial charge >= 0.3 is 0 Å². The summed E-state index contributed by atoms with van der Waals surface area (Å²) in [5, 5.41) is 9.84. The van der Waals surface area contributed by atoms with Gasteiger partial charge in [0.2, 0.25) is 0 Å². The van der Waals surface area contributed by atoms with Gasteiger partial charge in [-0.1, -0.05) is 5.16 Å². The molecule has 0 saturated heterocycles. The molecule has 1 amide bonds. The second-order valence-electron chi connectivity index (χ2n) is 4.16. The molecule has 1 aliphatic rings. The largest absolute Gasteiger partial charge is 0.361 e. The van der Waals surface area contributed by atoms with Gasteiger partial charge in [0.1, 0.15) is 5.76 Å². The van der Waals surface area contributed by atoms with E-state index in [0.29, 0.717) is 18.0 Å². The van der Waals surface area contributed by atoms with Gasteiger partial charge in [-0.3, -0.25) is 4.79 Å². The molecule has 1 heterocycles. The maximum atomic E-state index is 11.5. The van der Waals surface area contributed by atoms with E-state index in [-0.39, 0.29) is 5.91 Å². The third kappa shape index (κ3) is 3.34. The van der Waals surface area contributed by atoms with Crippen LogP contribution in [0.15, 0.2) is 10.6 Å². The lowest BCUT2D eigenvalue weighted by Gasteiger charge is -2.03. The van der Waals surface area contributed by atoms with Crippen molar-refractivity contribution < 1.29 is 9.32 Å². The Balaban J connectivity index is 1.59. The summed E-state index contributed by atoms with van der Waals surface area (Å²) < 4.78 is 4.83. The van der Waals surface area contributed by atoms with Crippen molar-refractivity contribution in [2.24, 2.45) is 0 Å². The van der Waals surface area contributed by atoms with E-state index in [2.05, 4.69) is 15.8 Å². The Hall–Kier alpha value is -1.36. The summed E-state index contributed by atoms with van der Waals surface area (Å²) in [5.41, 5.74) is 0.354. The van der Waals surface area contributed by atoms with Gasteiger partial charge in [0, 0.05) is 18.7 Å². The number of carbonyl (C=O) groups excluding carboxylic acids is 1. The lowest BCUT2D eigenvalue weighted by atomic mass is 10.3. The number of amides is 1. The van der Waals surface area contributed by atoms with Crippen LogP contribution in [-0.2, 0) is 0 Å². The van der Waals surface area contributed by atoms with Crippen LogP contribution < -0.4 is 10.6 Å². The molecule has 1 fully saturated rings. The summed E-state index contributed by atoms with van der Waals surface area (Å²) in [5.74, 6) is 0.490. The number of aryl methyl sites for hydroxylation is 1. The van der Waals surface area contributed by atoms with Crippen molar-refractivity contribution in [3.8, 4) is 0 Å². The van der Waals surface area contributed by atoms with Crippen LogP contribution in [0.1, 0.15) is 35.5 Å². The van der Waals surface area contributed by atoms with Crippen LogP contribution in [0.3, 0.4) is 0 Å². The van der Waals surface area contributed by atoms with Crippen molar-refractivity contribution in [1.29, 1.82) is 0 Å². The van der Waals surface area contributed by atoms with Gasteiger partial charge in [-0.05, 0) is 32.7 Å². The normalized spacial score (nSPS) is 15.1. The highest BCUT2D eigenvalue weighted by Crippen LogP contribution is 2.18. The molecule has 0 aromatic carbocycles. The quantitative estimate of drug-likeness (QED) is 0.702. The van der Waals surface area contributed by atoms with Crippen molar-refractivity contribution in [2.45, 2.75) is 32.2 Å². The molecule has 88 valence electrons. The first-order valence-corrected chi connectivity index (χ1v) is 5.70. The Morgan fingerprint density at radius 3 is 3.00 bits per heavy atom. The summed E-state index contributed by atoms with van der Waals surface area (Å²) in [4.78, 5) is 11.5. The molecule has 2 N–H and O–H groups in total. The topological polar surface area (TPSA) is 67.2 Å². The number of nitrogens with one attached hydrogen (secondary N) is 2. The smallest absolute Gasteiger partial charge is 0.273 e. The minimum Gasteiger partial charge on any atom is -0.361 e. The lowest BCUT2D eigenvalue weighted by molar-refractivity contribution is 0.0944. The standard InChI is InChI=1S/C11H17N3O2/c1-8-7-10(14-16-8)11(15)13-6-2-5-12-9-3-4-9/h7,9,12H,2-6H2,1H3,(H,13,15). The Labute approximate surface area is 94.6 Å². The molecular formula is C11H17N3O2. The fourth-order valence-electron chi connectivity index (χ4n) is 1.45. The Kier molecular flexibility index (Phi) is 3.56. The molecule has 5 nitrogen and oxygen atoms in total. The van der Waals surface area contributed by atoms with Gasteiger partial charge in [0.25, 0.3) is 5.91 Å². The molecule has 1 aromatic heterocycles. The minimum atomic E-state index is -0.164. The highest BCUT2D eigenvalue weighted by molar-refractivity contribution is 5.92. The fraction of sp³-hybridized carbons (Fsp3) is 0.636. The second-order valence-corrected chi connectivity index (χ2v) is 4.16. The van der Waals surface area contributed by atoms with Crippen molar-refractivity contribution in [1.82, 2.24) is 15.8 Å². The second kappa shape index (κ2) is 5.12. The Morgan fingerprint density at radius 2 is 2.38 bits per heavy atom. The van der Waals surface area contributed by atoms with E-state index in [4.69, 9.17) is 4.52 Å². The van der Waals surface area contributed by atoms with Gasteiger partial charge < -0.3 is 15.2 Å².